The number of aliphatic hydroxyl groups excluding tert-OH is 1. The third-order valence-electron chi connectivity index (χ3n) is 1.76. The molecule has 90 valence electrons. The topological polar surface area (TPSA) is 58.6 Å². The highest BCUT2D eigenvalue weighted by molar-refractivity contribution is 5.67. The van der Waals surface area contributed by atoms with Crippen molar-refractivity contribution in [2.24, 2.45) is 0 Å². The predicted molar refractivity (Wildman–Crippen MR) is 59.5 cm³/mol. The number of hydrogen-bond acceptors (Lipinski definition) is 3. The minimum atomic E-state index is -0.800. The van der Waals surface area contributed by atoms with E-state index < -0.39 is 17.9 Å². The number of carbonyl (C=O) groups is 1. The number of amides is 1. The minimum Gasteiger partial charge on any atom is -0.444 e. The Balaban J connectivity index is 3.67. The molecule has 0 radical (unpaired) electrons. The molecule has 0 aromatic carbocycles. The Kier molecular flexibility index (Phi) is 6.32. The summed E-state index contributed by atoms with van der Waals surface area (Å²) in [6, 6.07) is 0. The van der Waals surface area contributed by atoms with Crippen molar-refractivity contribution in [2.75, 3.05) is 0 Å². The molecule has 4 heteroatoms. The second kappa shape index (κ2) is 6.67. The van der Waals surface area contributed by atoms with E-state index in [0.717, 1.165) is 19.3 Å². The number of carbonyl (C=O) groups excluding carboxylic acids is 1. The van der Waals surface area contributed by atoms with Crippen LogP contribution < -0.4 is 5.32 Å². The Hall–Kier alpha value is -0.770. The summed E-state index contributed by atoms with van der Waals surface area (Å²) < 4.78 is 5.00. The SMILES string of the molecule is CCCCCC(O)NC(=O)OC(C)(C)C. The third kappa shape index (κ3) is 9.53. The lowest BCUT2D eigenvalue weighted by Crippen LogP contribution is -2.38. The summed E-state index contributed by atoms with van der Waals surface area (Å²) in [6.07, 6.45) is 2.28. The maximum atomic E-state index is 11.2. The Morgan fingerprint density at radius 2 is 2.00 bits per heavy atom. The standard InChI is InChI=1S/C11H23NO3/c1-5-6-7-8-9(13)12-10(14)15-11(2,3)4/h9,13H,5-8H2,1-4H3,(H,12,14). The molecule has 0 saturated carbocycles. The normalized spacial score (nSPS) is 13.4. The van der Waals surface area contributed by atoms with Gasteiger partial charge in [0, 0.05) is 0 Å². The molecule has 0 saturated heterocycles. The van der Waals surface area contributed by atoms with E-state index >= 15 is 0 Å². The molecular formula is C11H23NO3. The highest BCUT2D eigenvalue weighted by Crippen LogP contribution is 2.07. The van der Waals surface area contributed by atoms with E-state index in [4.69, 9.17) is 4.74 Å². The first-order chi connectivity index (χ1) is 6.85. The molecule has 1 unspecified atom stereocenters. The van der Waals surface area contributed by atoms with Gasteiger partial charge in [-0.1, -0.05) is 19.8 Å². The summed E-state index contributed by atoms with van der Waals surface area (Å²) in [5.41, 5.74) is -0.521. The highest BCUT2D eigenvalue weighted by Gasteiger charge is 2.17. The minimum absolute atomic E-state index is 0.521. The van der Waals surface area contributed by atoms with Crippen LogP contribution in [0.4, 0.5) is 4.79 Å². The number of hydrogen-bond donors (Lipinski definition) is 2. The first-order valence-corrected chi connectivity index (χ1v) is 5.52. The Morgan fingerprint density at radius 1 is 1.40 bits per heavy atom. The maximum Gasteiger partial charge on any atom is 0.409 e. The van der Waals surface area contributed by atoms with Crippen molar-refractivity contribution in [1.29, 1.82) is 0 Å². The molecule has 2 N–H and O–H groups in total. The van der Waals surface area contributed by atoms with Crippen molar-refractivity contribution in [3.05, 3.63) is 0 Å². The van der Waals surface area contributed by atoms with Crippen molar-refractivity contribution in [2.45, 2.75) is 65.2 Å². The van der Waals surface area contributed by atoms with E-state index in [0.29, 0.717) is 6.42 Å². The molecule has 0 aliphatic carbocycles. The van der Waals surface area contributed by atoms with Crippen LogP contribution in [0.1, 0.15) is 53.4 Å². The van der Waals surface area contributed by atoms with Crippen molar-refractivity contribution in [1.82, 2.24) is 5.32 Å². The summed E-state index contributed by atoms with van der Waals surface area (Å²) in [5.74, 6) is 0. The molecule has 0 aliphatic rings. The average molecular weight is 217 g/mol. The summed E-state index contributed by atoms with van der Waals surface area (Å²) in [5, 5.41) is 11.8. The van der Waals surface area contributed by atoms with Gasteiger partial charge in [-0.15, -0.1) is 0 Å². The van der Waals surface area contributed by atoms with Crippen LogP contribution in [0.15, 0.2) is 0 Å². The van der Waals surface area contributed by atoms with Crippen LogP contribution in [0.25, 0.3) is 0 Å². The molecule has 1 atom stereocenters. The monoisotopic (exact) mass is 217 g/mol. The van der Waals surface area contributed by atoms with Crippen LogP contribution in [-0.2, 0) is 4.74 Å². The van der Waals surface area contributed by atoms with E-state index in [2.05, 4.69) is 12.2 Å². The van der Waals surface area contributed by atoms with Gasteiger partial charge in [0.25, 0.3) is 0 Å². The summed E-state index contributed by atoms with van der Waals surface area (Å²) in [6.45, 7) is 7.45. The molecule has 0 fully saturated rings. The molecule has 0 aromatic rings. The number of rotatable bonds is 5. The fraction of sp³-hybridized carbons (Fsp3) is 0.909. The van der Waals surface area contributed by atoms with E-state index in [9.17, 15) is 9.90 Å². The fourth-order valence-corrected chi connectivity index (χ4v) is 1.10. The van der Waals surface area contributed by atoms with Gasteiger partial charge in [-0.3, -0.25) is 5.32 Å². The zero-order valence-corrected chi connectivity index (χ0v) is 10.2. The van der Waals surface area contributed by atoms with Gasteiger partial charge in [0.15, 0.2) is 0 Å². The van der Waals surface area contributed by atoms with Crippen LogP contribution >= 0.6 is 0 Å². The van der Waals surface area contributed by atoms with Crippen LogP contribution in [0.2, 0.25) is 0 Å². The molecule has 1 amide bonds. The van der Waals surface area contributed by atoms with Crippen LogP contribution in [0.3, 0.4) is 0 Å². The van der Waals surface area contributed by atoms with Crippen molar-refractivity contribution in [3.8, 4) is 0 Å². The van der Waals surface area contributed by atoms with Gasteiger partial charge in [0.2, 0.25) is 0 Å². The van der Waals surface area contributed by atoms with Gasteiger partial charge in [-0.25, -0.2) is 4.79 Å². The van der Waals surface area contributed by atoms with Gasteiger partial charge >= 0.3 is 6.09 Å². The number of aliphatic hydroxyl groups is 1. The quantitative estimate of drug-likeness (QED) is 0.549. The van der Waals surface area contributed by atoms with E-state index in [1.54, 1.807) is 20.8 Å². The van der Waals surface area contributed by atoms with Crippen molar-refractivity contribution in [3.63, 3.8) is 0 Å². The summed E-state index contributed by atoms with van der Waals surface area (Å²) >= 11 is 0. The lowest BCUT2D eigenvalue weighted by molar-refractivity contribution is 0.0341. The molecule has 0 rings (SSSR count). The van der Waals surface area contributed by atoms with E-state index in [1.165, 1.54) is 0 Å². The van der Waals surface area contributed by atoms with E-state index in [-0.39, 0.29) is 0 Å². The van der Waals surface area contributed by atoms with Crippen LogP contribution in [-0.4, -0.2) is 23.0 Å². The van der Waals surface area contributed by atoms with Gasteiger partial charge in [0.1, 0.15) is 11.8 Å². The number of alkyl carbamates (subject to hydrolysis) is 1. The van der Waals surface area contributed by atoms with Crippen molar-refractivity contribution >= 4 is 6.09 Å². The van der Waals surface area contributed by atoms with Crippen molar-refractivity contribution < 1.29 is 14.6 Å². The third-order valence-corrected chi connectivity index (χ3v) is 1.76. The molecular weight excluding hydrogens is 194 g/mol. The Morgan fingerprint density at radius 3 is 2.47 bits per heavy atom. The molecule has 15 heavy (non-hydrogen) atoms. The molecule has 0 heterocycles. The van der Waals surface area contributed by atoms with Crippen LogP contribution in [0.5, 0.6) is 0 Å². The molecule has 0 aromatic heterocycles. The first kappa shape index (κ1) is 14.2. The Bertz CT molecular complexity index is 187. The van der Waals surface area contributed by atoms with Gasteiger partial charge in [0.05, 0.1) is 0 Å². The second-order valence-electron chi connectivity index (χ2n) is 4.66. The summed E-state index contributed by atoms with van der Waals surface area (Å²) in [7, 11) is 0. The first-order valence-electron chi connectivity index (χ1n) is 5.52. The molecule has 0 aliphatic heterocycles. The number of unbranched alkanes of at least 4 members (excludes halogenated alkanes) is 2. The predicted octanol–water partition coefficient (Wildman–Crippen LogP) is 2.41. The molecule has 0 spiro atoms. The van der Waals surface area contributed by atoms with Gasteiger partial charge < -0.3 is 9.84 Å². The molecule has 0 bridgehead atoms. The summed E-state index contributed by atoms with van der Waals surface area (Å²) in [4.78, 5) is 11.2. The smallest absolute Gasteiger partial charge is 0.409 e. The lowest BCUT2D eigenvalue weighted by Gasteiger charge is -2.21. The Labute approximate surface area is 92.0 Å². The maximum absolute atomic E-state index is 11.2. The lowest BCUT2D eigenvalue weighted by atomic mass is 10.2. The largest absolute Gasteiger partial charge is 0.444 e. The highest BCUT2D eigenvalue weighted by atomic mass is 16.6. The molecule has 4 nitrogen and oxygen atoms in total. The van der Waals surface area contributed by atoms with Crippen LogP contribution in [0, 0.1) is 0 Å². The average Bonchev–Trinajstić information content (AvgIpc) is 2.00. The fourth-order valence-electron chi connectivity index (χ4n) is 1.10. The van der Waals surface area contributed by atoms with Gasteiger partial charge in [-0.2, -0.15) is 0 Å². The number of ether oxygens (including phenoxy) is 1. The second-order valence-corrected chi connectivity index (χ2v) is 4.66. The zero-order chi connectivity index (χ0) is 11.9. The zero-order valence-electron chi connectivity index (χ0n) is 10.2. The number of nitrogens with one attached hydrogen (secondary N) is 1. The van der Waals surface area contributed by atoms with Gasteiger partial charge in [-0.05, 0) is 33.6 Å². The van der Waals surface area contributed by atoms with E-state index in [1.807, 2.05) is 0 Å².